The number of hydrogen-bond acceptors (Lipinski definition) is 6. The van der Waals surface area contributed by atoms with E-state index in [1.807, 2.05) is 54.6 Å². The van der Waals surface area contributed by atoms with E-state index in [1.165, 1.54) is 0 Å². The van der Waals surface area contributed by atoms with Crippen LogP contribution in [-0.2, 0) is 6.42 Å². The van der Waals surface area contributed by atoms with Gasteiger partial charge < -0.3 is 20.1 Å². The fourth-order valence-corrected chi connectivity index (χ4v) is 4.80. The molecule has 4 rings (SSSR count). The van der Waals surface area contributed by atoms with Crippen molar-refractivity contribution in [3.05, 3.63) is 101 Å². The average molecular weight is 474 g/mol. The smallest absolute Gasteiger partial charge is 0.256 e. The summed E-state index contributed by atoms with van der Waals surface area (Å²) in [7, 11) is 3.25. The van der Waals surface area contributed by atoms with Crippen LogP contribution in [0.4, 0.5) is 10.8 Å². The predicted octanol–water partition coefficient (Wildman–Crippen LogP) is 6.18. The second-order valence-corrected chi connectivity index (χ2v) is 8.68. The Hall–Kier alpha value is -3.84. The van der Waals surface area contributed by atoms with Crippen LogP contribution in [0.15, 0.2) is 79.0 Å². The van der Waals surface area contributed by atoms with E-state index < -0.39 is 0 Å². The summed E-state index contributed by atoms with van der Waals surface area (Å²) in [6.45, 7) is 2.10. The van der Waals surface area contributed by atoms with Crippen LogP contribution in [-0.4, -0.2) is 25.1 Å². The first-order valence-corrected chi connectivity index (χ1v) is 11.8. The van der Waals surface area contributed by atoms with Gasteiger partial charge in [0.2, 0.25) is 0 Å². The summed E-state index contributed by atoms with van der Waals surface area (Å²) < 4.78 is 11.3. The lowest BCUT2D eigenvalue weighted by Gasteiger charge is -2.24. The second-order valence-electron chi connectivity index (χ2n) is 7.55. The van der Waals surface area contributed by atoms with Crippen molar-refractivity contribution in [3.8, 4) is 11.5 Å². The fourth-order valence-electron chi connectivity index (χ4n) is 3.77. The van der Waals surface area contributed by atoms with Crippen molar-refractivity contribution in [3.63, 3.8) is 0 Å². The lowest BCUT2D eigenvalue weighted by molar-refractivity contribution is 0.102. The minimum atomic E-state index is -0.345. The van der Waals surface area contributed by atoms with E-state index >= 15 is 0 Å². The van der Waals surface area contributed by atoms with Gasteiger partial charge in [0.25, 0.3) is 5.91 Å². The van der Waals surface area contributed by atoms with Gasteiger partial charge in [0, 0.05) is 27.8 Å². The van der Waals surface area contributed by atoms with Crippen LogP contribution in [0.3, 0.4) is 0 Å². The van der Waals surface area contributed by atoms with E-state index in [0.717, 1.165) is 27.4 Å². The maximum absolute atomic E-state index is 13.0. The van der Waals surface area contributed by atoms with Crippen molar-refractivity contribution >= 4 is 28.1 Å². The number of amides is 1. The maximum Gasteiger partial charge on any atom is 0.256 e. The number of para-hydroxylation sites is 1. The van der Waals surface area contributed by atoms with E-state index in [-0.39, 0.29) is 11.9 Å². The maximum atomic E-state index is 13.0. The molecule has 1 atom stereocenters. The monoisotopic (exact) mass is 473 g/mol. The number of ether oxygens (including phenoxy) is 2. The molecule has 0 saturated heterocycles. The number of carbonyl (C=O) groups is 1. The van der Waals surface area contributed by atoms with E-state index in [2.05, 4.69) is 28.6 Å². The molecule has 2 aromatic heterocycles. The van der Waals surface area contributed by atoms with Gasteiger partial charge in [-0.15, -0.1) is 11.3 Å². The Morgan fingerprint density at radius 2 is 1.76 bits per heavy atom. The zero-order chi connectivity index (χ0) is 23.9. The van der Waals surface area contributed by atoms with Crippen molar-refractivity contribution < 1.29 is 14.3 Å². The number of hydrogen-bond donors (Lipinski definition) is 2. The number of anilines is 2. The number of carbonyl (C=O) groups excluding carboxylic acids is 1. The highest BCUT2D eigenvalue weighted by Crippen LogP contribution is 2.43. The van der Waals surface area contributed by atoms with Crippen LogP contribution in [0, 0.1) is 0 Å². The normalized spacial score (nSPS) is 11.5. The molecule has 7 heteroatoms. The van der Waals surface area contributed by atoms with Crippen molar-refractivity contribution in [2.45, 2.75) is 19.4 Å². The molecule has 0 unspecified atom stereocenters. The van der Waals surface area contributed by atoms with E-state index in [9.17, 15) is 4.79 Å². The molecule has 0 aliphatic rings. The summed E-state index contributed by atoms with van der Waals surface area (Å²) in [5.74, 6) is 1.82. The lowest BCUT2D eigenvalue weighted by Crippen LogP contribution is -2.17. The molecule has 2 heterocycles. The molecule has 0 saturated carbocycles. The highest BCUT2D eigenvalue weighted by molar-refractivity contribution is 7.16. The molecule has 2 aromatic carbocycles. The molecule has 34 heavy (non-hydrogen) atoms. The summed E-state index contributed by atoms with van der Waals surface area (Å²) in [4.78, 5) is 18.6. The Morgan fingerprint density at radius 3 is 2.44 bits per heavy atom. The zero-order valence-corrected chi connectivity index (χ0v) is 20.2. The predicted molar refractivity (Wildman–Crippen MR) is 137 cm³/mol. The van der Waals surface area contributed by atoms with Gasteiger partial charge in [-0.3, -0.25) is 4.79 Å². The van der Waals surface area contributed by atoms with Crippen molar-refractivity contribution in [1.82, 2.24) is 4.98 Å². The summed E-state index contributed by atoms with van der Waals surface area (Å²) in [5, 5.41) is 7.45. The summed E-state index contributed by atoms with van der Waals surface area (Å²) in [5.41, 5.74) is 2.42. The number of aromatic nitrogens is 1. The Labute approximate surface area is 203 Å². The number of rotatable bonds is 9. The van der Waals surface area contributed by atoms with Gasteiger partial charge in [-0.1, -0.05) is 43.3 Å². The highest BCUT2D eigenvalue weighted by Gasteiger charge is 2.26. The van der Waals surface area contributed by atoms with Crippen LogP contribution < -0.4 is 20.1 Å². The van der Waals surface area contributed by atoms with Crippen LogP contribution in [0.25, 0.3) is 0 Å². The Balaban J connectivity index is 1.82. The molecule has 0 spiro atoms. The molecule has 1 amide bonds. The quantitative estimate of drug-likeness (QED) is 0.304. The van der Waals surface area contributed by atoms with Gasteiger partial charge in [-0.05, 0) is 42.8 Å². The molecule has 0 aliphatic carbocycles. The summed E-state index contributed by atoms with van der Waals surface area (Å²) in [6.07, 6.45) is 2.59. The molecule has 0 fully saturated rings. The molecular formula is C27H27N3O3S. The topological polar surface area (TPSA) is 72.5 Å². The first-order valence-electron chi connectivity index (χ1n) is 11.0. The molecular weight excluding hydrogens is 446 g/mol. The number of aryl methyl sites for hydroxylation is 1. The number of thiophene rings is 1. The molecule has 0 aliphatic heterocycles. The SMILES string of the molecule is CCc1cc([C@H](Nc2ccccn2)c2cccc(OC)c2OC)c(NC(=O)c2ccccc2)s1. The molecule has 2 N–H and O–H groups in total. The van der Waals surface area contributed by atoms with Crippen molar-refractivity contribution in [1.29, 1.82) is 0 Å². The highest BCUT2D eigenvalue weighted by atomic mass is 32.1. The molecule has 6 nitrogen and oxygen atoms in total. The molecule has 0 bridgehead atoms. The van der Waals surface area contributed by atoms with E-state index in [1.54, 1.807) is 43.9 Å². The van der Waals surface area contributed by atoms with Crippen molar-refractivity contribution in [2.75, 3.05) is 24.9 Å². The Bertz CT molecular complexity index is 1240. The molecule has 4 aromatic rings. The van der Waals surface area contributed by atoms with Crippen LogP contribution in [0.2, 0.25) is 0 Å². The third-order valence-corrected chi connectivity index (χ3v) is 6.65. The van der Waals surface area contributed by atoms with Gasteiger partial charge in [0.15, 0.2) is 11.5 Å². The van der Waals surface area contributed by atoms with Gasteiger partial charge in [-0.2, -0.15) is 0 Å². The summed E-state index contributed by atoms with van der Waals surface area (Å²) >= 11 is 1.58. The van der Waals surface area contributed by atoms with Gasteiger partial charge in [0.05, 0.1) is 20.3 Å². The van der Waals surface area contributed by atoms with Gasteiger partial charge in [-0.25, -0.2) is 4.98 Å². The minimum Gasteiger partial charge on any atom is -0.493 e. The fraction of sp³-hybridized carbons (Fsp3) is 0.185. The third kappa shape index (κ3) is 5.05. The van der Waals surface area contributed by atoms with E-state index in [4.69, 9.17) is 9.47 Å². The minimum absolute atomic E-state index is 0.152. The standard InChI is InChI=1S/C27H27N3O3S/c1-4-19-17-21(27(34-19)30-26(31)18-11-6-5-7-12-18)24(29-23-15-8-9-16-28-23)20-13-10-14-22(32-2)25(20)33-3/h5-17,24H,4H2,1-3H3,(H,28,29)(H,30,31)/t24-/m1/s1. The first kappa shape index (κ1) is 23.3. The molecule has 0 radical (unpaired) electrons. The zero-order valence-electron chi connectivity index (χ0n) is 19.4. The van der Waals surface area contributed by atoms with E-state index in [0.29, 0.717) is 22.9 Å². The number of nitrogens with one attached hydrogen (secondary N) is 2. The lowest BCUT2D eigenvalue weighted by atomic mass is 9.98. The second kappa shape index (κ2) is 10.9. The van der Waals surface area contributed by atoms with Crippen LogP contribution in [0.5, 0.6) is 11.5 Å². The Kier molecular flexibility index (Phi) is 7.44. The average Bonchev–Trinajstić information content (AvgIpc) is 3.30. The largest absolute Gasteiger partial charge is 0.493 e. The number of pyridine rings is 1. The molecule has 174 valence electrons. The Morgan fingerprint density at radius 1 is 0.971 bits per heavy atom. The van der Waals surface area contributed by atoms with Crippen LogP contribution >= 0.6 is 11.3 Å². The van der Waals surface area contributed by atoms with Gasteiger partial charge >= 0.3 is 0 Å². The third-order valence-electron chi connectivity index (χ3n) is 5.44. The van der Waals surface area contributed by atoms with Crippen LogP contribution in [0.1, 0.15) is 39.3 Å². The van der Waals surface area contributed by atoms with Gasteiger partial charge in [0.1, 0.15) is 10.8 Å². The number of benzene rings is 2. The number of methoxy groups -OCH3 is 2. The first-order chi connectivity index (χ1) is 16.6. The van der Waals surface area contributed by atoms with Crippen molar-refractivity contribution in [2.24, 2.45) is 0 Å². The summed E-state index contributed by atoms with van der Waals surface area (Å²) in [6, 6.07) is 22.5. The number of nitrogens with zero attached hydrogens (tertiary/aromatic N) is 1.